The van der Waals surface area contributed by atoms with Gasteiger partial charge in [-0.3, -0.25) is 9.78 Å². The first-order chi connectivity index (χ1) is 8.99. The number of nitrogens with two attached hydrogens (primary N) is 1. The second-order valence-electron chi connectivity index (χ2n) is 4.42. The highest BCUT2D eigenvalue weighted by Gasteiger charge is 2.17. The van der Waals surface area contributed by atoms with Crippen molar-refractivity contribution in [1.29, 1.82) is 0 Å². The number of carbonyl (C=O) groups excluding carboxylic acids is 1. The zero-order valence-electron chi connectivity index (χ0n) is 11.2. The van der Waals surface area contributed by atoms with Gasteiger partial charge in [0.15, 0.2) is 0 Å². The highest BCUT2D eigenvalue weighted by molar-refractivity contribution is 7.09. The molecule has 0 aliphatic carbocycles. The maximum atomic E-state index is 12.4. The van der Waals surface area contributed by atoms with Crippen molar-refractivity contribution in [1.82, 2.24) is 14.9 Å². The van der Waals surface area contributed by atoms with Crippen LogP contribution in [0.3, 0.4) is 0 Å². The van der Waals surface area contributed by atoms with E-state index in [2.05, 4.69) is 9.97 Å². The lowest BCUT2D eigenvalue weighted by Crippen LogP contribution is -2.27. The van der Waals surface area contributed by atoms with Gasteiger partial charge in [0.05, 0.1) is 40.9 Å². The Morgan fingerprint density at radius 3 is 2.74 bits per heavy atom. The summed E-state index contributed by atoms with van der Waals surface area (Å²) >= 11 is 1.55. The van der Waals surface area contributed by atoms with Crippen LogP contribution in [0, 0.1) is 13.8 Å². The number of hydrogen-bond donors (Lipinski definition) is 1. The van der Waals surface area contributed by atoms with Crippen LogP contribution in [0.1, 0.15) is 26.6 Å². The van der Waals surface area contributed by atoms with Gasteiger partial charge < -0.3 is 10.6 Å². The van der Waals surface area contributed by atoms with Crippen LogP contribution in [0.2, 0.25) is 0 Å². The predicted molar refractivity (Wildman–Crippen MR) is 76.0 cm³/mol. The Balaban J connectivity index is 2.19. The molecule has 6 heteroatoms. The summed E-state index contributed by atoms with van der Waals surface area (Å²) in [5, 5.41) is 0. The van der Waals surface area contributed by atoms with Crippen LogP contribution in [0.4, 0.5) is 5.69 Å². The van der Waals surface area contributed by atoms with E-state index >= 15 is 0 Å². The molecule has 2 aromatic heterocycles. The van der Waals surface area contributed by atoms with E-state index < -0.39 is 0 Å². The number of pyridine rings is 1. The first-order valence-corrected chi connectivity index (χ1v) is 6.73. The molecule has 1 amide bonds. The van der Waals surface area contributed by atoms with E-state index in [4.69, 9.17) is 5.73 Å². The Morgan fingerprint density at radius 1 is 1.37 bits per heavy atom. The number of amides is 1. The van der Waals surface area contributed by atoms with Gasteiger partial charge in [0, 0.05) is 11.9 Å². The standard InChI is InChI=1S/C13H16N4OS/c1-8-11(4-10(14)5-15-8)13(18)17(3)6-12-9(2)16-7-19-12/h4-5,7H,6,14H2,1-3H3. The highest BCUT2D eigenvalue weighted by Crippen LogP contribution is 2.17. The third-order valence-electron chi connectivity index (χ3n) is 2.91. The molecule has 2 aromatic rings. The van der Waals surface area contributed by atoms with Gasteiger partial charge in [0.2, 0.25) is 0 Å². The van der Waals surface area contributed by atoms with Gasteiger partial charge in [-0.1, -0.05) is 0 Å². The largest absolute Gasteiger partial charge is 0.397 e. The maximum absolute atomic E-state index is 12.4. The average Bonchev–Trinajstić information content (AvgIpc) is 2.77. The molecule has 0 saturated heterocycles. The molecule has 0 aliphatic rings. The molecule has 0 aromatic carbocycles. The van der Waals surface area contributed by atoms with Crippen LogP contribution in [0.25, 0.3) is 0 Å². The van der Waals surface area contributed by atoms with Crippen LogP contribution in [-0.4, -0.2) is 27.8 Å². The molecule has 19 heavy (non-hydrogen) atoms. The summed E-state index contributed by atoms with van der Waals surface area (Å²) in [7, 11) is 1.77. The monoisotopic (exact) mass is 276 g/mol. The minimum Gasteiger partial charge on any atom is -0.397 e. The number of aromatic nitrogens is 2. The van der Waals surface area contributed by atoms with Crippen molar-refractivity contribution in [3.8, 4) is 0 Å². The Hall–Kier alpha value is -1.95. The van der Waals surface area contributed by atoms with Crippen molar-refractivity contribution >= 4 is 22.9 Å². The lowest BCUT2D eigenvalue weighted by atomic mass is 10.1. The van der Waals surface area contributed by atoms with Gasteiger partial charge >= 0.3 is 0 Å². The fourth-order valence-corrected chi connectivity index (χ4v) is 2.57. The summed E-state index contributed by atoms with van der Waals surface area (Å²) in [5.74, 6) is -0.0786. The molecule has 0 atom stereocenters. The smallest absolute Gasteiger partial charge is 0.255 e. The van der Waals surface area contributed by atoms with E-state index in [1.54, 1.807) is 48.0 Å². The van der Waals surface area contributed by atoms with E-state index in [0.29, 0.717) is 23.5 Å². The third kappa shape index (κ3) is 2.90. The Kier molecular flexibility index (Phi) is 3.80. The first kappa shape index (κ1) is 13.5. The second kappa shape index (κ2) is 5.36. The van der Waals surface area contributed by atoms with Gasteiger partial charge in [-0.05, 0) is 19.9 Å². The lowest BCUT2D eigenvalue weighted by Gasteiger charge is -2.17. The zero-order valence-corrected chi connectivity index (χ0v) is 12.0. The van der Waals surface area contributed by atoms with Crippen molar-refractivity contribution in [2.24, 2.45) is 0 Å². The SMILES string of the molecule is Cc1ncc(N)cc1C(=O)N(C)Cc1scnc1C. The van der Waals surface area contributed by atoms with E-state index in [0.717, 1.165) is 10.6 Å². The van der Waals surface area contributed by atoms with Crippen LogP contribution in [-0.2, 0) is 6.54 Å². The van der Waals surface area contributed by atoms with Crippen molar-refractivity contribution in [2.45, 2.75) is 20.4 Å². The minimum absolute atomic E-state index is 0.0786. The fraction of sp³-hybridized carbons (Fsp3) is 0.308. The van der Waals surface area contributed by atoms with Gasteiger partial charge in [0.25, 0.3) is 5.91 Å². The molecule has 0 radical (unpaired) electrons. The molecule has 0 unspecified atom stereocenters. The number of nitrogens with zero attached hydrogens (tertiary/aromatic N) is 3. The van der Waals surface area contributed by atoms with Gasteiger partial charge in [-0.25, -0.2) is 4.98 Å². The number of anilines is 1. The van der Waals surface area contributed by atoms with Crippen LogP contribution in [0.5, 0.6) is 0 Å². The lowest BCUT2D eigenvalue weighted by molar-refractivity contribution is 0.0785. The molecule has 2 N–H and O–H groups in total. The molecule has 5 nitrogen and oxygen atoms in total. The number of aryl methyl sites for hydroxylation is 2. The van der Waals surface area contributed by atoms with Gasteiger partial charge in [-0.15, -0.1) is 11.3 Å². The molecule has 2 heterocycles. The van der Waals surface area contributed by atoms with Crippen LogP contribution >= 0.6 is 11.3 Å². The van der Waals surface area contributed by atoms with Crippen molar-refractivity contribution < 1.29 is 4.79 Å². The molecule has 0 fully saturated rings. The normalized spacial score (nSPS) is 10.5. The zero-order chi connectivity index (χ0) is 14.0. The highest BCUT2D eigenvalue weighted by atomic mass is 32.1. The van der Waals surface area contributed by atoms with Crippen molar-refractivity contribution in [2.75, 3.05) is 12.8 Å². The summed E-state index contributed by atoms with van der Waals surface area (Å²) in [6.45, 7) is 4.29. The van der Waals surface area contributed by atoms with Crippen LogP contribution < -0.4 is 5.73 Å². The summed E-state index contributed by atoms with van der Waals surface area (Å²) < 4.78 is 0. The number of rotatable bonds is 3. The molecular formula is C13H16N4OS. The molecule has 0 saturated carbocycles. The first-order valence-electron chi connectivity index (χ1n) is 5.85. The van der Waals surface area contributed by atoms with Gasteiger partial charge in [-0.2, -0.15) is 0 Å². The summed E-state index contributed by atoms with van der Waals surface area (Å²) in [6.07, 6.45) is 1.56. The van der Waals surface area contributed by atoms with Crippen LogP contribution in [0.15, 0.2) is 17.8 Å². The molecule has 0 bridgehead atoms. The van der Waals surface area contributed by atoms with Gasteiger partial charge in [0.1, 0.15) is 0 Å². The number of carbonyl (C=O) groups is 1. The van der Waals surface area contributed by atoms with E-state index in [9.17, 15) is 4.79 Å². The van der Waals surface area contributed by atoms with Crippen molar-refractivity contribution in [3.63, 3.8) is 0 Å². The summed E-state index contributed by atoms with van der Waals surface area (Å²) in [6, 6.07) is 1.67. The quantitative estimate of drug-likeness (QED) is 0.930. The van der Waals surface area contributed by atoms with Crippen molar-refractivity contribution in [3.05, 3.63) is 39.6 Å². The Bertz CT molecular complexity index is 608. The molecule has 2 rings (SSSR count). The summed E-state index contributed by atoms with van der Waals surface area (Å²) in [4.78, 5) is 23.4. The summed E-state index contributed by atoms with van der Waals surface area (Å²) in [5.41, 5.74) is 10.2. The van der Waals surface area contributed by atoms with E-state index in [-0.39, 0.29) is 5.91 Å². The number of thiazole rings is 1. The predicted octanol–water partition coefficient (Wildman–Crippen LogP) is 2.01. The fourth-order valence-electron chi connectivity index (χ4n) is 1.74. The Morgan fingerprint density at radius 2 is 2.11 bits per heavy atom. The molecule has 100 valence electrons. The second-order valence-corrected chi connectivity index (χ2v) is 5.36. The topological polar surface area (TPSA) is 72.1 Å². The molecular weight excluding hydrogens is 260 g/mol. The molecule has 0 spiro atoms. The Labute approximate surface area is 116 Å². The number of hydrogen-bond acceptors (Lipinski definition) is 5. The third-order valence-corrected chi connectivity index (χ3v) is 3.83. The average molecular weight is 276 g/mol. The number of nitrogen functional groups attached to an aromatic ring is 1. The van der Waals surface area contributed by atoms with E-state index in [1.807, 2.05) is 6.92 Å². The maximum Gasteiger partial charge on any atom is 0.255 e. The minimum atomic E-state index is -0.0786. The molecule has 0 aliphatic heterocycles. The van der Waals surface area contributed by atoms with E-state index in [1.165, 1.54) is 0 Å².